The highest BCUT2D eigenvalue weighted by Crippen LogP contribution is 2.32. The smallest absolute Gasteiger partial charge is 0.161 e. The molecule has 0 bridgehead atoms. The minimum Gasteiger partial charge on any atom is -0.376 e. The SMILES string of the molecule is Cn1nc(-c2nccn2CC2COCCO2)c2c(Cl)cccc21. The van der Waals surface area contributed by atoms with Crippen LogP contribution >= 0.6 is 11.6 Å². The monoisotopic (exact) mass is 332 g/mol. The average molecular weight is 333 g/mol. The second-order valence-electron chi connectivity index (χ2n) is 5.58. The molecular formula is C16H17ClN4O2. The van der Waals surface area contributed by atoms with Crippen LogP contribution in [-0.2, 0) is 23.1 Å². The Kier molecular flexibility index (Phi) is 3.80. The number of hydrogen-bond acceptors (Lipinski definition) is 4. The fourth-order valence-corrected chi connectivity index (χ4v) is 3.22. The van der Waals surface area contributed by atoms with E-state index in [1.165, 1.54) is 0 Å². The van der Waals surface area contributed by atoms with Crippen LogP contribution in [0.25, 0.3) is 22.4 Å². The van der Waals surface area contributed by atoms with E-state index in [1.807, 2.05) is 40.7 Å². The van der Waals surface area contributed by atoms with E-state index in [0.29, 0.717) is 31.4 Å². The molecule has 0 N–H and O–H groups in total. The number of ether oxygens (including phenoxy) is 2. The first-order valence-corrected chi connectivity index (χ1v) is 7.94. The van der Waals surface area contributed by atoms with Crippen LogP contribution in [0.2, 0.25) is 5.02 Å². The largest absolute Gasteiger partial charge is 0.376 e. The summed E-state index contributed by atoms with van der Waals surface area (Å²) >= 11 is 6.40. The number of fused-ring (bicyclic) bond motifs is 1. The second-order valence-corrected chi connectivity index (χ2v) is 5.98. The average Bonchev–Trinajstić information content (AvgIpc) is 3.14. The Labute approximate surface area is 138 Å². The molecule has 1 saturated heterocycles. The minimum atomic E-state index is 0.0298. The lowest BCUT2D eigenvalue weighted by Gasteiger charge is -2.23. The van der Waals surface area contributed by atoms with Gasteiger partial charge in [-0.1, -0.05) is 17.7 Å². The van der Waals surface area contributed by atoms with Crippen molar-refractivity contribution in [3.63, 3.8) is 0 Å². The number of rotatable bonds is 3. The van der Waals surface area contributed by atoms with E-state index >= 15 is 0 Å². The third-order valence-electron chi connectivity index (χ3n) is 4.04. The van der Waals surface area contributed by atoms with Crippen LogP contribution in [0.5, 0.6) is 0 Å². The molecule has 3 aromatic rings. The molecule has 0 radical (unpaired) electrons. The van der Waals surface area contributed by atoms with E-state index < -0.39 is 0 Å². The van der Waals surface area contributed by atoms with Gasteiger partial charge < -0.3 is 14.0 Å². The van der Waals surface area contributed by atoms with Gasteiger partial charge in [-0.25, -0.2) is 4.98 Å². The van der Waals surface area contributed by atoms with Gasteiger partial charge in [0.1, 0.15) is 5.69 Å². The van der Waals surface area contributed by atoms with Gasteiger partial charge in [0, 0.05) is 24.8 Å². The first-order valence-electron chi connectivity index (χ1n) is 7.56. The van der Waals surface area contributed by atoms with Crippen molar-refractivity contribution in [1.29, 1.82) is 0 Å². The number of hydrogen-bond donors (Lipinski definition) is 0. The molecule has 0 aliphatic carbocycles. The summed E-state index contributed by atoms with van der Waals surface area (Å²) in [6.07, 6.45) is 3.74. The van der Waals surface area contributed by atoms with Crippen LogP contribution in [0.3, 0.4) is 0 Å². The van der Waals surface area contributed by atoms with Gasteiger partial charge in [-0.3, -0.25) is 4.68 Å². The van der Waals surface area contributed by atoms with Crippen molar-refractivity contribution in [3.8, 4) is 11.5 Å². The summed E-state index contributed by atoms with van der Waals surface area (Å²) < 4.78 is 15.1. The third kappa shape index (κ3) is 2.63. The van der Waals surface area contributed by atoms with Gasteiger partial charge in [-0.05, 0) is 12.1 Å². The predicted octanol–water partition coefficient (Wildman–Crippen LogP) is 2.51. The van der Waals surface area contributed by atoms with E-state index in [1.54, 1.807) is 6.20 Å². The van der Waals surface area contributed by atoms with Crippen molar-refractivity contribution in [1.82, 2.24) is 19.3 Å². The number of nitrogens with zero attached hydrogens (tertiary/aromatic N) is 4. The lowest BCUT2D eigenvalue weighted by Crippen LogP contribution is -2.32. The third-order valence-corrected chi connectivity index (χ3v) is 4.35. The maximum atomic E-state index is 6.40. The maximum Gasteiger partial charge on any atom is 0.161 e. The molecule has 1 aliphatic heterocycles. The van der Waals surface area contributed by atoms with Gasteiger partial charge in [0.2, 0.25) is 0 Å². The molecule has 2 aromatic heterocycles. The number of aryl methyl sites for hydroxylation is 1. The first-order chi connectivity index (χ1) is 11.2. The van der Waals surface area contributed by atoms with Crippen LogP contribution in [0.1, 0.15) is 0 Å². The van der Waals surface area contributed by atoms with Crippen LogP contribution in [0.4, 0.5) is 0 Å². The van der Waals surface area contributed by atoms with Crippen molar-refractivity contribution in [2.24, 2.45) is 7.05 Å². The van der Waals surface area contributed by atoms with Crippen LogP contribution in [0, 0.1) is 0 Å². The fraction of sp³-hybridized carbons (Fsp3) is 0.375. The Hall–Kier alpha value is -1.89. The maximum absolute atomic E-state index is 6.40. The van der Waals surface area contributed by atoms with Crippen LogP contribution in [-0.4, -0.2) is 45.3 Å². The van der Waals surface area contributed by atoms with Crippen molar-refractivity contribution in [2.75, 3.05) is 19.8 Å². The van der Waals surface area contributed by atoms with E-state index in [4.69, 9.17) is 21.1 Å². The predicted molar refractivity (Wildman–Crippen MR) is 87.5 cm³/mol. The first kappa shape index (κ1) is 14.7. The normalized spacial score (nSPS) is 18.6. The zero-order valence-corrected chi connectivity index (χ0v) is 13.5. The molecule has 1 unspecified atom stereocenters. The molecule has 1 aromatic carbocycles. The van der Waals surface area contributed by atoms with E-state index in [2.05, 4.69) is 10.1 Å². The molecular weight excluding hydrogens is 316 g/mol. The van der Waals surface area contributed by atoms with Crippen molar-refractivity contribution in [3.05, 3.63) is 35.6 Å². The molecule has 1 fully saturated rings. The minimum absolute atomic E-state index is 0.0298. The molecule has 3 heterocycles. The Morgan fingerprint density at radius 3 is 3.09 bits per heavy atom. The zero-order valence-electron chi connectivity index (χ0n) is 12.8. The highest BCUT2D eigenvalue weighted by atomic mass is 35.5. The molecule has 0 spiro atoms. The van der Waals surface area contributed by atoms with E-state index in [9.17, 15) is 0 Å². The lowest BCUT2D eigenvalue weighted by molar-refractivity contribution is -0.0934. The molecule has 6 nitrogen and oxygen atoms in total. The Morgan fingerprint density at radius 2 is 2.26 bits per heavy atom. The summed E-state index contributed by atoms with van der Waals surface area (Å²) in [5.41, 5.74) is 1.77. The summed E-state index contributed by atoms with van der Waals surface area (Å²) in [7, 11) is 1.91. The Morgan fingerprint density at radius 1 is 1.35 bits per heavy atom. The summed E-state index contributed by atoms with van der Waals surface area (Å²) in [5.74, 6) is 0.790. The summed E-state index contributed by atoms with van der Waals surface area (Å²) in [5, 5.41) is 6.22. The molecule has 4 rings (SSSR count). The van der Waals surface area contributed by atoms with Crippen LogP contribution < -0.4 is 0 Å². The molecule has 23 heavy (non-hydrogen) atoms. The summed E-state index contributed by atoms with van der Waals surface area (Å²) in [6, 6.07) is 5.80. The van der Waals surface area contributed by atoms with Crippen LogP contribution in [0.15, 0.2) is 30.6 Å². The number of aromatic nitrogens is 4. The van der Waals surface area contributed by atoms with Gasteiger partial charge in [0.15, 0.2) is 5.82 Å². The number of imidazole rings is 1. The van der Waals surface area contributed by atoms with Gasteiger partial charge in [0.25, 0.3) is 0 Å². The Balaban J connectivity index is 1.76. The molecule has 1 aliphatic rings. The zero-order chi connectivity index (χ0) is 15.8. The summed E-state index contributed by atoms with van der Waals surface area (Å²) in [4.78, 5) is 4.49. The van der Waals surface area contributed by atoms with Gasteiger partial charge >= 0.3 is 0 Å². The Bertz CT molecular complexity index is 836. The fourth-order valence-electron chi connectivity index (χ4n) is 2.96. The quantitative estimate of drug-likeness (QED) is 0.739. The molecule has 120 valence electrons. The number of benzene rings is 1. The molecule has 0 saturated carbocycles. The van der Waals surface area contributed by atoms with Gasteiger partial charge in [-0.2, -0.15) is 5.10 Å². The van der Waals surface area contributed by atoms with Crippen molar-refractivity contribution in [2.45, 2.75) is 12.6 Å². The molecule has 1 atom stereocenters. The summed E-state index contributed by atoms with van der Waals surface area (Å²) in [6.45, 7) is 2.57. The standard InChI is InChI=1S/C16H17ClN4O2/c1-20-13-4-2-3-12(17)14(13)15(19-20)16-18-5-6-21(16)9-11-10-22-7-8-23-11/h2-6,11H,7-10H2,1H3. The molecule has 0 amide bonds. The second kappa shape index (κ2) is 5.96. The lowest BCUT2D eigenvalue weighted by atomic mass is 10.2. The van der Waals surface area contributed by atoms with E-state index in [-0.39, 0.29) is 6.10 Å². The van der Waals surface area contributed by atoms with E-state index in [0.717, 1.165) is 22.4 Å². The molecule has 7 heteroatoms. The number of halogens is 1. The van der Waals surface area contributed by atoms with Gasteiger partial charge in [0.05, 0.1) is 43.0 Å². The highest BCUT2D eigenvalue weighted by Gasteiger charge is 2.21. The highest BCUT2D eigenvalue weighted by molar-refractivity contribution is 6.36. The van der Waals surface area contributed by atoms with Gasteiger partial charge in [-0.15, -0.1) is 0 Å². The van der Waals surface area contributed by atoms with Crippen molar-refractivity contribution >= 4 is 22.5 Å². The van der Waals surface area contributed by atoms with Crippen molar-refractivity contribution < 1.29 is 9.47 Å². The topological polar surface area (TPSA) is 54.1 Å².